The van der Waals surface area contributed by atoms with Gasteiger partial charge in [-0.25, -0.2) is 4.79 Å². The van der Waals surface area contributed by atoms with E-state index in [4.69, 9.17) is 9.47 Å². The second-order valence-electron chi connectivity index (χ2n) is 3.69. The molecule has 0 fully saturated rings. The summed E-state index contributed by atoms with van der Waals surface area (Å²) in [5.74, 6) is 0.167. The molecule has 0 aliphatic rings. The normalized spacial score (nSPS) is 10.5. The zero-order valence-electron chi connectivity index (χ0n) is 10.6. The molecule has 0 aromatic heterocycles. The lowest BCUT2D eigenvalue weighted by Gasteiger charge is -2.05. The van der Waals surface area contributed by atoms with Crippen molar-refractivity contribution in [2.45, 2.75) is 20.0 Å². The van der Waals surface area contributed by atoms with Gasteiger partial charge in [-0.05, 0) is 31.0 Å². The van der Waals surface area contributed by atoms with Crippen molar-refractivity contribution >= 4 is 5.97 Å². The van der Waals surface area contributed by atoms with Gasteiger partial charge in [-0.15, -0.1) is 6.58 Å². The van der Waals surface area contributed by atoms with Crippen LogP contribution in [0.2, 0.25) is 0 Å². The summed E-state index contributed by atoms with van der Waals surface area (Å²) >= 11 is 0. The van der Waals surface area contributed by atoms with Crippen LogP contribution >= 0.6 is 0 Å². The maximum absolute atomic E-state index is 11.2. The minimum Gasteiger partial charge on any atom is -0.423 e. The lowest BCUT2D eigenvalue weighted by Crippen LogP contribution is -2.03. The molecule has 0 radical (unpaired) electrons. The molecule has 0 unspecified atom stereocenters. The van der Waals surface area contributed by atoms with Gasteiger partial charge in [-0.3, -0.25) is 0 Å². The summed E-state index contributed by atoms with van der Waals surface area (Å²) in [5.41, 5.74) is 1.05. The largest absolute Gasteiger partial charge is 0.423 e. The zero-order valence-corrected chi connectivity index (χ0v) is 10.6. The fraction of sp³-hybridized carbons (Fsp3) is 0.267. The molecule has 0 bridgehead atoms. The Balaban J connectivity index is 2.42. The van der Waals surface area contributed by atoms with Crippen molar-refractivity contribution in [2.75, 3.05) is 6.61 Å². The average Bonchev–Trinajstić information content (AvgIpc) is 2.37. The minimum absolute atomic E-state index is 0.368. The summed E-state index contributed by atoms with van der Waals surface area (Å²) in [4.78, 5) is 11.2. The van der Waals surface area contributed by atoms with Crippen molar-refractivity contribution < 1.29 is 14.3 Å². The highest BCUT2D eigenvalue weighted by molar-refractivity contribution is 5.83. The molecule has 96 valence electrons. The first kappa shape index (κ1) is 14.2. The van der Waals surface area contributed by atoms with E-state index >= 15 is 0 Å². The third-order valence-electron chi connectivity index (χ3n) is 2.18. The van der Waals surface area contributed by atoms with E-state index in [9.17, 15) is 4.79 Å². The topological polar surface area (TPSA) is 35.5 Å². The van der Waals surface area contributed by atoms with E-state index in [1.165, 1.54) is 6.08 Å². The highest BCUT2D eigenvalue weighted by Crippen LogP contribution is 2.13. The third kappa shape index (κ3) is 5.46. The van der Waals surface area contributed by atoms with Crippen LogP contribution in [0.25, 0.3) is 0 Å². The Morgan fingerprint density at radius 3 is 2.67 bits per heavy atom. The van der Waals surface area contributed by atoms with Gasteiger partial charge in [0.1, 0.15) is 5.75 Å². The van der Waals surface area contributed by atoms with Crippen LogP contribution in [0.4, 0.5) is 0 Å². The summed E-state index contributed by atoms with van der Waals surface area (Å²) < 4.78 is 10.5. The van der Waals surface area contributed by atoms with E-state index in [0.29, 0.717) is 19.0 Å². The second kappa shape index (κ2) is 8.25. The highest BCUT2D eigenvalue weighted by atomic mass is 16.5. The van der Waals surface area contributed by atoms with E-state index in [-0.39, 0.29) is 5.97 Å². The SMILES string of the molecule is C=CCCOCc1ccc(OC(=O)/C=C/C)cc1. The predicted molar refractivity (Wildman–Crippen MR) is 71.4 cm³/mol. The Morgan fingerprint density at radius 2 is 2.06 bits per heavy atom. The Morgan fingerprint density at radius 1 is 1.33 bits per heavy atom. The number of ether oxygens (including phenoxy) is 2. The van der Waals surface area contributed by atoms with E-state index in [1.807, 2.05) is 18.2 Å². The number of carbonyl (C=O) groups is 1. The predicted octanol–water partition coefficient (Wildman–Crippen LogP) is 3.26. The Bertz CT molecular complexity index is 404. The van der Waals surface area contributed by atoms with Gasteiger partial charge in [0, 0.05) is 6.08 Å². The Labute approximate surface area is 108 Å². The van der Waals surface area contributed by atoms with E-state index in [1.54, 1.807) is 25.1 Å². The molecule has 1 aromatic carbocycles. The van der Waals surface area contributed by atoms with Crippen LogP contribution in [0.15, 0.2) is 49.1 Å². The molecule has 18 heavy (non-hydrogen) atoms. The van der Waals surface area contributed by atoms with Gasteiger partial charge < -0.3 is 9.47 Å². The van der Waals surface area contributed by atoms with Crippen molar-refractivity contribution in [2.24, 2.45) is 0 Å². The molecule has 1 rings (SSSR count). The van der Waals surface area contributed by atoms with Crippen molar-refractivity contribution in [3.63, 3.8) is 0 Å². The standard InChI is InChI=1S/C15H18O3/c1-3-5-11-17-12-13-7-9-14(10-8-13)18-15(16)6-4-2/h3-4,6-10H,1,5,11-12H2,2H3/b6-4+. The molecule has 0 aliphatic carbocycles. The van der Waals surface area contributed by atoms with Crippen LogP contribution in [0, 0.1) is 0 Å². The van der Waals surface area contributed by atoms with Gasteiger partial charge in [0.05, 0.1) is 13.2 Å². The van der Waals surface area contributed by atoms with Crippen molar-refractivity contribution in [1.29, 1.82) is 0 Å². The minimum atomic E-state index is -0.368. The van der Waals surface area contributed by atoms with Crippen LogP contribution < -0.4 is 4.74 Å². The van der Waals surface area contributed by atoms with Gasteiger partial charge in [0.25, 0.3) is 0 Å². The molecule has 0 atom stereocenters. The number of hydrogen-bond donors (Lipinski definition) is 0. The molecular formula is C15H18O3. The number of carbonyl (C=O) groups excluding carboxylic acids is 1. The summed E-state index contributed by atoms with van der Waals surface area (Å²) in [6.07, 6.45) is 5.69. The quantitative estimate of drug-likeness (QED) is 0.243. The van der Waals surface area contributed by atoms with Crippen LogP contribution in [0.1, 0.15) is 18.9 Å². The van der Waals surface area contributed by atoms with Crippen LogP contribution in [-0.2, 0) is 16.1 Å². The van der Waals surface area contributed by atoms with Gasteiger partial charge in [-0.1, -0.05) is 24.3 Å². The summed E-state index contributed by atoms with van der Waals surface area (Å²) in [5, 5.41) is 0. The maximum Gasteiger partial charge on any atom is 0.335 e. The highest BCUT2D eigenvalue weighted by Gasteiger charge is 2.00. The van der Waals surface area contributed by atoms with Crippen LogP contribution in [-0.4, -0.2) is 12.6 Å². The first-order chi connectivity index (χ1) is 8.76. The van der Waals surface area contributed by atoms with E-state index in [0.717, 1.165) is 12.0 Å². The monoisotopic (exact) mass is 246 g/mol. The van der Waals surface area contributed by atoms with Gasteiger partial charge in [-0.2, -0.15) is 0 Å². The van der Waals surface area contributed by atoms with Crippen molar-refractivity contribution in [1.82, 2.24) is 0 Å². The number of benzene rings is 1. The Hall–Kier alpha value is -1.87. The molecule has 0 aliphatic heterocycles. The summed E-state index contributed by atoms with van der Waals surface area (Å²) in [7, 11) is 0. The van der Waals surface area contributed by atoms with Crippen molar-refractivity contribution in [3.05, 3.63) is 54.6 Å². The molecule has 0 saturated heterocycles. The number of rotatable bonds is 7. The fourth-order valence-electron chi connectivity index (χ4n) is 1.30. The number of esters is 1. The molecule has 3 nitrogen and oxygen atoms in total. The lowest BCUT2D eigenvalue weighted by molar-refractivity contribution is -0.129. The molecule has 0 amide bonds. The molecule has 0 saturated carbocycles. The van der Waals surface area contributed by atoms with Gasteiger partial charge >= 0.3 is 5.97 Å². The molecule has 0 heterocycles. The number of allylic oxidation sites excluding steroid dienone is 1. The third-order valence-corrected chi connectivity index (χ3v) is 2.18. The number of hydrogen-bond acceptors (Lipinski definition) is 3. The lowest BCUT2D eigenvalue weighted by atomic mass is 10.2. The van der Waals surface area contributed by atoms with E-state index in [2.05, 4.69) is 6.58 Å². The average molecular weight is 246 g/mol. The molecule has 3 heteroatoms. The molecule has 0 N–H and O–H groups in total. The summed E-state index contributed by atoms with van der Waals surface area (Å²) in [6, 6.07) is 7.28. The maximum atomic E-state index is 11.2. The van der Waals surface area contributed by atoms with Crippen LogP contribution in [0.3, 0.4) is 0 Å². The Kier molecular flexibility index (Phi) is 6.51. The van der Waals surface area contributed by atoms with E-state index < -0.39 is 0 Å². The molecule has 0 spiro atoms. The first-order valence-electron chi connectivity index (χ1n) is 5.88. The fourth-order valence-corrected chi connectivity index (χ4v) is 1.30. The molecule has 1 aromatic rings. The first-order valence-corrected chi connectivity index (χ1v) is 5.88. The zero-order chi connectivity index (χ0) is 13.2. The van der Waals surface area contributed by atoms with Crippen LogP contribution in [0.5, 0.6) is 5.75 Å². The van der Waals surface area contributed by atoms with Gasteiger partial charge in [0.2, 0.25) is 0 Å². The second-order valence-corrected chi connectivity index (χ2v) is 3.69. The smallest absolute Gasteiger partial charge is 0.335 e. The van der Waals surface area contributed by atoms with Gasteiger partial charge in [0.15, 0.2) is 0 Å². The van der Waals surface area contributed by atoms with Crippen molar-refractivity contribution in [3.8, 4) is 5.75 Å². The summed E-state index contributed by atoms with van der Waals surface area (Å²) in [6.45, 7) is 6.61. The molecular weight excluding hydrogens is 228 g/mol.